The van der Waals surface area contributed by atoms with E-state index in [1.165, 1.54) is 0 Å². The Labute approximate surface area is 214 Å². The molecular weight excluding hydrogens is 597 g/mol. The Morgan fingerprint density at radius 1 is 0.794 bits per heavy atom. The van der Waals surface area contributed by atoms with Gasteiger partial charge in [0.2, 0.25) is 0 Å². The number of para-hydroxylation sites is 1. The van der Waals surface area contributed by atoms with E-state index in [1.54, 1.807) is 18.2 Å². The van der Waals surface area contributed by atoms with E-state index in [0.717, 1.165) is 39.3 Å². The summed E-state index contributed by atoms with van der Waals surface area (Å²) in [5.41, 5.74) is 6.67. The molecule has 0 aliphatic heterocycles. The van der Waals surface area contributed by atoms with Gasteiger partial charge in [0.05, 0.1) is 18.1 Å². The van der Waals surface area contributed by atoms with Crippen LogP contribution in [0, 0.1) is 19.6 Å². The first-order valence-electron chi connectivity index (χ1n) is 10.3. The Kier molecular flexibility index (Phi) is 7.91. The van der Waals surface area contributed by atoms with Crippen LogP contribution < -0.4 is 0 Å². The average molecular weight is 620 g/mol. The van der Waals surface area contributed by atoms with Crippen LogP contribution in [0.15, 0.2) is 97.1 Å². The predicted molar refractivity (Wildman–Crippen MR) is 134 cm³/mol. The van der Waals surface area contributed by atoms with Gasteiger partial charge in [-0.15, -0.1) is 28.9 Å². The first-order chi connectivity index (χ1) is 15.8. The van der Waals surface area contributed by atoms with Gasteiger partial charge in [-0.25, -0.2) is 0 Å². The molecule has 0 aliphatic rings. The average Bonchev–Trinajstić information content (AvgIpc) is 3.25. The van der Waals surface area contributed by atoms with Gasteiger partial charge in [-0.1, -0.05) is 86.3 Å². The van der Waals surface area contributed by atoms with Crippen molar-refractivity contribution in [2.24, 2.45) is 0 Å². The van der Waals surface area contributed by atoms with Gasteiger partial charge < -0.3 is 4.57 Å². The van der Waals surface area contributed by atoms with E-state index < -0.39 is 0 Å². The number of benzene rings is 4. The van der Waals surface area contributed by atoms with Gasteiger partial charge in [0.15, 0.2) is 0 Å². The molecule has 169 valence electrons. The minimum Gasteiger partial charge on any atom is -0.319 e. The fraction of sp³-hybridized carbons (Fsp3) is 0.0690. The second-order valence-electron chi connectivity index (χ2n) is 7.41. The van der Waals surface area contributed by atoms with Crippen molar-refractivity contribution >= 4 is 5.69 Å². The molecule has 0 aliphatic carbocycles. The summed E-state index contributed by atoms with van der Waals surface area (Å²) >= 11 is 0. The van der Waals surface area contributed by atoms with Gasteiger partial charge in [-0.3, -0.25) is 4.85 Å². The molecule has 4 aromatic carbocycles. The number of hydrogen-bond donors (Lipinski definition) is 0. The third kappa shape index (κ3) is 4.61. The van der Waals surface area contributed by atoms with Crippen molar-refractivity contribution in [3.05, 3.63) is 120 Å². The van der Waals surface area contributed by atoms with Crippen molar-refractivity contribution in [3.63, 3.8) is 0 Å². The van der Waals surface area contributed by atoms with Gasteiger partial charge in [0.25, 0.3) is 0 Å². The number of hydrogen-bond acceptors (Lipinski definition) is 2. The van der Waals surface area contributed by atoms with E-state index in [0.29, 0.717) is 11.5 Å². The van der Waals surface area contributed by atoms with Crippen molar-refractivity contribution < 1.29 is 20.1 Å². The van der Waals surface area contributed by atoms with Crippen molar-refractivity contribution in [3.8, 4) is 39.3 Å². The van der Waals surface area contributed by atoms with E-state index >= 15 is 0 Å². The van der Waals surface area contributed by atoms with Crippen LogP contribution in [0.1, 0.15) is 13.3 Å². The van der Waals surface area contributed by atoms with Crippen LogP contribution in [0.4, 0.5) is 5.69 Å². The second-order valence-corrected chi connectivity index (χ2v) is 7.41. The molecule has 0 atom stereocenters. The number of aryl methyl sites for hydroxylation is 1. The van der Waals surface area contributed by atoms with Gasteiger partial charge in [0, 0.05) is 31.2 Å². The maximum Gasteiger partial charge on any atom is 0.125 e. The fourth-order valence-corrected chi connectivity index (χ4v) is 3.94. The third-order valence-corrected chi connectivity index (χ3v) is 5.41. The zero-order valence-corrected chi connectivity index (χ0v) is 20.3. The van der Waals surface area contributed by atoms with E-state index in [2.05, 4.69) is 68.1 Å². The van der Waals surface area contributed by atoms with Crippen LogP contribution >= 0.6 is 0 Å². The molecule has 0 unspecified atom stereocenters. The Hall–Kier alpha value is -3.84. The van der Waals surface area contributed by atoms with E-state index in [4.69, 9.17) is 6.57 Å². The van der Waals surface area contributed by atoms with E-state index in [-0.39, 0.29) is 27.5 Å². The molecule has 0 fully saturated rings. The topological polar surface area (TPSA) is 35.1 Å². The largest absolute Gasteiger partial charge is 0.319 e. The van der Waals surface area contributed by atoms with Crippen LogP contribution in [-0.4, -0.2) is 14.8 Å². The molecule has 0 saturated carbocycles. The van der Waals surface area contributed by atoms with Crippen LogP contribution in [0.2, 0.25) is 0 Å². The number of rotatable bonds is 4. The van der Waals surface area contributed by atoms with Gasteiger partial charge in [0.1, 0.15) is 11.5 Å². The molecule has 0 saturated heterocycles. The van der Waals surface area contributed by atoms with Crippen molar-refractivity contribution in [2.45, 2.75) is 14.4 Å². The van der Waals surface area contributed by atoms with Gasteiger partial charge in [-0.05, 0) is 18.1 Å². The molecule has 0 amide bonds. The quantitative estimate of drug-likeness (QED) is 0.195. The summed E-state index contributed by atoms with van der Waals surface area (Å²) in [4.78, 5) is 3.57. The SMILES string of the molecule is C.[C-]#[N+]c1cc[c-]c(-c2nnc(C)n2-c2c(-c3ccccc3)cccc2-c2ccccc2)c1.[Ir]. The zero-order chi connectivity index (χ0) is 21.9. The fourth-order valence-electron chi connectivity index (χ4n) is 3.94. The minimum absolute atomic E-state index is 0. The summed E-state index contributed by atoms with van der Waals surface area (Å²) in [5, 5.41) is 8.90. The standard InChI is InChI=1S/C28H19N4.CH4.Ir/c1-20-30-31-28(23-15-9-16-24(19-23)29-2)32(20)27-25(21-11-5-3-6-12-21)17-10-18-26(27)22-13-7-4-8-14-22;;/h3-14,16-19H,1H3;1H4;/q-1;;. The summed E-state index contributed by atoms with van der Waals surface area (Å²) in [6.07, 6.45) is 0. The Morgan fingerprint density at radius 2 is 1.38 bits per heavy atom. The van der Waals surface area contributed by atoms with Crippen LogP contribution in [0.3, 0.4) is 0 Å². The number of aromatic nitrogens is 3. The van der Waals surface area contributed by atoms with E-state index in [1.807, 2.05) is 43.3 Å². The molecule has 1 heterocycles. The summed E-state index contributed by atoms with van der Waals surface area (Å²) in [6.45, 7) is 9.34. The first kappa shape index (κ1) is 24.8. The smallest absolute Gasteiger partial charge is 0.125 e. The van der Waals surface area contributed by atoms with Gasteiger partial charge in [-0.2, -0.15) is 11.2 Å². The summed E-state index contributed by atoms with van der Waals surface area (Å²) < 4.78 is 2.07. The molecule has 0 bridgehead atoms. The molecule has 0 spiro atoms. The van der Waals surface area contributed by atoms with Crippen molar-refractivity contribution in [1.29, 1.82) is 0 Å². The molecule has 1 radical (unpaired) electrons. The molecule has 5 aromatic rings. The third-order valence-electron chi connectivity index (χ3n) is 5.41. The van der Waals surface area contributed by atoms with Crippen molar-refractivity contribution in [2.75, 3.05) is 0 Å². The molecule has 5 rings (SSSR count). The van der Waals surface area contributed by atoms with E-state index in [9.17, 15) is 0 Å². The molecular formula is C29H23IrN4-. The van der Waals surface area contributed by atoms with Crippen molar-refractivity contribution in [1.82, 2.24) is 14.8 Å². The van der Waals surface area contributed by atoms with Crippen LogP contribution in [0.5, 0.6) is 0 Å². The maximum absolute atomic E-state index is 7.39. The summed E-state index contributed by atoms with van der Waals surface area (Å²) in [6, 6.07) is 35.5. The monoisotopic (exact) mass is 620 g/mol. The summed E-state index contributed by atoms with van der Waals surface area (Å²) in [5.74, 6) is 1.43. The van der Waals surface area contributed by atoms with Gasteiger partial charge >= 0.3 is 0 Å². The number of nitrogens with zero attached hydrogens (tertiary/aromatic N) is 4. The molecule has 5 heteroatoms. The van der Waals surface area contributed by atoms with Crippen LogP contribution in [-0.2, 0) is 20.1 Å². The Balaban J connectivity index is 0.00000162. The summed E-state index contributed by atoms with van der Waals surface area (Å²) in [7, 11) is 0. The normalized spacial score (nSPS) is 10.0. The molecule has 4 nitrogen and oxygen atoms in total. The molecule has 0 N–H and O–H groups in total. The molecule has 1 aromatic heterocycles. The maximum atomic E-state index is 7.39. The first-order valence-corrected chi connectivity index (χ1v) is 10.3. The predicted octanol–water partition coefficient (Wildman–Crippen LogP) is 7.56. The van der Waals surface area contributed by atoms with Crippen LogP contribution in [0.25, 0.3) is 44.2 Å². The Bertz CT molecular complexity index is 1380. The minimum atomic E-state index is 0. The zero-order valence-electron chi connectivity index (χ0n) is 17.9. The second kappa shape index (κ2) is 10.9. The molecule has 34 heavy (non-hydrogen) atoms. The Morgan fingerprint density at radius 3 is 1.94 bits per heavy atom.